The quantitative estimate of drug-likeness (QED) is 0.791. The summed E-state index contributed by atoms with van der Waals surface area (Å²) in [7, 11) is 0. The normalized spacial score (nSPS) is 12.3. The van der Waals surface area contributed by atoms with Gasteiger partial charge in [0.15, 0.2) is 0 Å². The molecule has 1 atom stereocenters. The first kappa shape index (κ1) is 13.6. The van der Waals surface area contributed by atoms with Gasteiger partial charge in [-0.2, -0.15) is 0 Å². The maximum Gasteiger partial charge on any atom is 0.119 e. The van der Waals surface area contributed by atoms with Crippen molar-refractivity contribution in [1.29, 1.82) is 0 Å². The third-order valence-corrected chi connectivity index (χ3v) is 3.48. The Bertz CT molecular complexity index is 750. The second-order valence-electron chi connectivity index (χ2n) is 4.86. The fourth-order valence-corrected chi connectivity index (χ4v) is 2.48. The summed E-state index contributed by atoms with van der Waals surface area (Å²) in [6, 6.07) is 15.5. The van der Waals surface area contributed by atoms with Gasteiger partial charge in [-0.1, -0.05) is 36.4 Å². The molecule has 0 saturated heterocycles. The average molecular weight is 279 g/mol. The Hall–Kier alpha value is -2.39. The lowest BCUT2D eigenvalue weighted by atomic mass is 9.98. The Morgan fingerprint density at radius 3 is 2.81 bits per heavy atom. The van der Waals surface area contributed by atoms with Crippen LogP contribution in [0.15, 0.2) is 60.9 Å². The Balaban J connectivity index is 2.04. The molecular formula is C18H17NO2. The molecule has 0 aliphatic carbocycles. The van der Waals surface area contributed by atoms with Gasteiger partial charge in [0.25, 0.3) is 0 Å². The van der Waals surface area contributed by atoms with Gasteiger partial charge in [0.2, 0.25) is 0 Å². The van der Waals surface area contributed by atoms with Crippen molar-refractivity contribution >= 4 is 10.8 Å². The zero-order valence-corrected chi connectivity index (χ0v) is 11.9. The van der Waals surface area contributed by atoms with Gasteiger partial charge in [0.05, 0.1) is 6.61 Å². The molecule has 3 nitrogen and oxygen atoms in total. The lowest BCUT2D eigenvalue weighted by Crippen LogP contribution is -2.02. The molecule has 1 unspecified atom stereocenters. The molecule has 1 aromatic heterocycles. The first-order chi connectivity index (χ1) is 10.3. The first-order valence-electron chi connectivity index (χ1n) is 7.03. The van der Waals surface area contributed by atoms with Crippen LogP contribution in [0.4, 0.5) is 0 Å². The van der Waals surface area contributed by atoms with Gasteiger partial charge in [0, 0.05) is 23.3 Å². The maximum atomic E-state index is 10.7. The molecule has 0 fully saturated rings. The molecule has 3 aromatic rings. The molecule has 0 spiro atoms. The van der Waals surface area contributed by atoms with E-state index in [0.717, 1.165) is 27.6 Å². The number of hydrogen-bond donors (Lipinski definition) is 1. The van der Waals surface area contributed by atoms with Gasteiger partial charge < -0.3 is 9.84 Å². The van der Waals surface area contributed by atoms with Crippen LogP contribution < -0.4 is 4.74 Å². The minimum atomic E-state index is -0.719. The van der Waals surface area contributed by atoms with Crippen LogP contribution in [0.5, 0.6) is 5.75 Å². The van der Waals surface area contributed by atoms with E-state index in [4.69, 9.17) is 4.74 Å². The molecular weight excluding hydrogens is 262 g/mol. The van der Waals surface area contributed by atoms with Gasteiger partial charge >= 0.3 is 0 Å². The van der Waals surface area contributed by atoms with Crippen molar-refractivity contribution in [3.8, 4) is 5.75 Å². The van der Waals surface area contributed by atoms with Crippen LogP contribution in [0.2, 0.25) is 0 Å². The molecule has 1 heterocycles. The van der Waals surface area contributed by atoms with Crippen LogP contribution in [0.1, 0.15) is 24.2 Å². The van der Waals surface area contributed by atoms with Gasteiger partial charge in [-0.3, -0.25) is 4.98 Å². The van der Waals surface area contributed by atoms with Crippen molar-refractivity contribution in [2.75, 3.05) is 6.61 Å². The third kappa shape index (κ3) is 2.73. The predicted molar refractivity (Wildman–Crippen MR) is 83.4 cm³/mol. The number of aromatic nitrogens is 1. The Kier molecular flexibility index (Phi) is 3.84. The number of aliphatic hydroxyl groups is 1. The molecule has 0 aliphatic heterocycles. The summed E-state index contributed by atoms with van der Waals surface area (Å²) in [6.07, 6.45) is 2.81. The lowest BCUT2D eigenvalue weighted by Gasteiger charge is -2.14. The molecule has 0 saturated carbocycles. The molecule has 3 rings (SSSR count). The number of pyridine rings is 1. The highest BCUT2D eigenvalue weighted by Gasteiger charge is 2.14. The lowest BCUT2D eigenvalue weighted by molar-refractivity contribution is 0.220. The van der Waals surface area contributed by atoms with E-state index >= 15 is 0 Å². The van der Waals surface area contributed by atoms with E-state index in [0.29, 0.717) is 6.61 Å². The van der Waals surface area contributed by atoms with E-state index in [1.165, 1.54) is 0 Å². The van der Waals surface area contributed by atoms with Gasteiger partial charge in [-0.15, -0.1) is 0 Å². The Labute approximate surface area is 123 Å². The smallest absolute Gasteiger partial charge is 0.119 e. The highest BCUT2D eigenvalue weighted by atomic mass is 16.5. The summed E-state index contributed by atoms with van der Waals surface area (Å²) in [6.45, 7) is 2.55. The maximum absolute atomic E-state index is 10.7. The summed E-state index contributed by atoms with van der Waals surface area (Å²) in [5.74, 6) is 0.766. The number of rotatable bonds is 4. The van der Waals surface area contributed by atoms with Gasteiger partial charge in [0.1, 0.15) is 11.9 Å². The fourth-order valence-electron chi connectivity index (χ4n) is 2.48. The summed E-state index contributed by atoms with van der Waals surface area (Å²) in [5, 5.41) is 12.7. The van der Waals surface area contributed by atoms with E-state index in [2.05, 4.69) is 4.98 Å². The summed E-state index contributed by atoms with van der Waals surface area (Å²) < 4.78 is 5.49. The first-order valence-corrected chi connectivity index (χ1v) is 7.03. The second kappa shape index (κ2) is 5.94. The molecule has 1 N–H and O–H groups in total. The third-order valence-electron chi connectivity index (χ3n) is 3.48. The van der Waals surface area contributed by atoms with Crippen molar-refractivity contribution in [2.24, 2.45) is 0 Å². The van der Waals surface area contributed by atoms with Crippen LogP contribution in [0.3, 0.4) is 0 Å². The van der Waals surface area contributed by atoms with E-state index in [1.807, 2.05) is 61.7 Å². The van der Waals surface area contributed by atoms with E-state index in [1.54, 1.807) is 6.20 Å². The molecule has 0 aliphatic rings. The molecule has 21 heavy (non-hydrogen) atoms. The highest BCUT2D eigenvalue weighted by Crippen LogP contribution is 2.29. The van der Waals surface area contributed by atoms with Crippen LogP contribution in [0, 0.1) is 0 Å². The van der Waals surface area contributed by atoms with Crippen molar-refractivity contribution in [3.63, 3.8) is 0 Å². The van der Waals surface area contributed by atoms with E-state index < -0.39 is 6.10 Å². The van der Waals surface area contributed by atoms with Crippen LogP contribution >= 0.6 is 0 Å². The topological polar surface area (TPSA) is 42.4 Å². The summed E-state index contributed by atoms with van der Waals surface area (Å²) in [4.78, 5) is 4.23. The number of benzene rings is 2. The van der Waals surface area contributed by atoms with Crippen LogP contribution in [-0.2, 0) is 0 Å². The zero-order chi connectivity index (χ0) is 14.7. The molecule has 0 amide bonds. The fraction of sp³-hybridized carbons (Fsp3) is 0.167. The minimum absolute atomic E-state index is 0.607. The second-order valence-corrected chi connectivity index (χ2v) is 4.86. The average Bonchev–Trinajstić information content (AvgIpc) is 2.54. The number of ether oxygens (including phenoxy) is 1. The Morgan fingerprint density at radius 1 is 1.10 bits per heavy atom. The number of fused-ring (bicyclic) bond motifs is 1. The van der Waals surface area contributed by atoms with E-state index in [9.17, 15) is 5.11 Å². The monoisotopic (exact) mass is 279 g/mol. The number of nitrogens with zero attached hydrogens (tertiary/aromatic N) is 1. The van der Waals surface area contributed by atoms with Gasteiger partial charge in [-0.05, 0) is 30.0 Å². The highest BCUT2D eigenvalue weighted by molar-refractivity contribution is 5.85. The number of aliphatic hydroxyl groups excluding tert-OH is 1. The predicted octanol–water partition coefficient (Wildman–Crippen LogP) is 3.72. The van der Waals surface area contributed by atoms with Crippen LogP contribution in [-0.4, -0.2) is 16.7 Å². The van der Waals surface area contributed by atoms with Crippen molar-refractivity contribution in [1.82, 2.24) is 4.98 Å². The standard InChI is InChI=1S/C18H17NO2/c1-2-21-15-8-5-7-13(10-15)18(20)17-12-19-11-14-6-3-4-9-16(14)17/h3-12,18,20H,2H2,1H3. The number of hydrogen-bond acceptors (Lipinski definition) is 3. The molecule has 2 aromatic carbocycles. The summed E-state index contributed by atoms with van der Waals surface area (Å²) in [5.41, 5.74) is 1.61. The van der Waals surface area contributed by atoms with Crippen molar-refractivity contribution in [2.45, 2.75) is 13.0 Å². The van der Waals surface area contributed by atoms with Crippen molar-refractivity contribution < 1.29 is 9.84 Å². The SMILES string of the molecule is CCOc1cccc(C(O)c2cncc3ccccc23)c1. The summed E-state index contributed by atoms with van der Waals surface area (Å²) >= 11 is 0. The Morgan fingerprint density at radius 2 is 1.95 bits per heavy atom. The largest absolute Gasteiger partial charge is 0.494 e. The molecule has 0 radical (unpaired) electrons. The van der Waals surface area contributed by atoms with Gasteiger partial charge in [-0.25, -0.2) is 0 Å². The minimum Gasteiger partial charge on any atom is -0.494 e. The van der Waals surface area contributed by atoms with Crippen molar-refractivity contribution in [3.05, 3.63) is 72.1 Å². The molecule has 106 valence electrons. The van der Waals surface area contributed by atoms with Crippen LogP contribution in [0.25, 0.3) is 10.8 Å². The molecule has 0 bridgehead atoms. The van der Waals surface area contributed by atoms with E-state index in [-0.39, 0.29) is 0 Å². The zero-order valence-electron chi connectivity index (χ0n) is 11.9. The molecule has 3 heteroatoms.